The Morgan fingerprint density at radius 3 is 2.38 bits per heavy atom. The number of nitrogens with zero attached hydrogens (tertiary/aromatic N) is 1. The Hall–Kier alpha value is -1.92. The third-order valence-electron chi connectivity index (χ3n) is 3.27. The first-order valence-corrected chi connectivity index (χ1v) is 8.13. The van der Waals surface area contributed by atoms with E-state index in [0.29, 0.717) is 5.69 Å². The van der Waals surface area contributed by atoms with Gasteiger partial charge < -0.3 is 5.32 Å². The van der Waals surface area contributed by atoms with Crippen LogP contribution in [0.1, 0.15) is 24.2 Å². The maximum absolute atomic E-state index is 12.3. The molecule has 112 valence electrons. The fourth-order valence-electron chi connectivity index (χ4n) is 1.93. The summed E-state index contributed by atoms with van der Waals surface area (Å²) in [5.74, 6) is 0. The van der Waals surface area contributed by atoms with Gasteiger partial charge in [-0.3, -0.25) is 9.71 Å². The van der Waals surface area contributed by atoms with Crippen LogP contribution < -0.4 is 10.0 Å². The first-order chi connectivity index (χ1) is 9.92. The van der Waals surface area contributed by atoms with Gasteiger partial charge in [0.05, 0.1) is 10.6 Å². The van der Waals surface area contributed by atoms with Crippen molar-refractivity contribution in [3.63, 3.8) is 0 Å². The topological polar surface area (TPSA) is 71.1 Å². The highest BCUT2D eigenvalue weighted by Crippen LogP contribution is 2.19. The Balaban J connectivity index is 2.23. The quantitative estimate of drug-likeness (QED) is 0.890. The van der Waals surface area contributed by atoms with Crippen molar-refractivity contribution in [1.29, 1.82) is 0 Å². The van der Waals surface area contributed by atoms with Crippen molar-refractivity contribution >= 4 is 15.7 Å². The molecule has 0 amide bonds. The Kier molecular flexibility index (Phi) is 4.59. The maximum atomic E-state index is 12.3. The van der Waals surface area contributed by atoms with Crippen LogP contribution in [0.5, 0.6) is 0 Å². The van der Waals surface area contributed by atoms with Gasteiger partial charge in [-0.15, -0.1) is 0 Å². The number of pyridine rings is 1. The lowest BCUT2D eigenvalue weighted by molar-refractivity contribution is 0.601. The van der Waals surface area contributed by atoms with Crippen molar-refractivity contribution in [2.75, 3.05) is 11.8 Å². The van der Waals surface area contributed by atoms with E-state index in [1.54, 1.807) is 30.5 Å². The number of hydrogen-bond donors (Lipinski definition) is 2. The van der Waals surface area contributed by atoms with Gasteiger partial charge in [0.25, 0.3) is 10.0 Å². The average molecular weight is 305 g/mol. The summed E-state index contributed by atoms with van der Waals surface area (Å²) >= 11 is 0. The van der Waals surface area contributed by atoms with Crippen LogP contribution >= 0.6 is 0 Å². The van der Waals surface area contributed by atoms with E-state index < -0.39 is 10.0 Å². The first kappa shape index (κ1) is 15.5. The Morgan fingerprint density at radius 1 is 1.14 bits per heavy atom. The number of benzene rings is 1. The normalized spacial score (nSPS) is 12.9. The van der Waals surface area contributed by atoms with Crippen molar-refractivity contribution in [1.82, 2.24) is 10.3 Å². The number of nitrogens with one attached hydrogen (secondary N) is 2. The summed E-state index contributed by atoms with van der Waals surface area (Å²) in [5.41, 5.74) is 2.31. The number of hydrogen-bond acceptors (Lipinski definition) is 4. The summed E-state index contributed by atoms with van der Waals surface area (Å²) in [6.07, 6.45) is 1.57. The second-order valence-corrected chi connectivity index (χ2v) is 6.55. The highest BCUT2D eigenvalue weighted by atomic mass is 32.2. The summed E-state index contributed by atoms with van der Waals surface area (Å²) in [5, 5.41) is 3.11. The fourth-order valence-corrected chi connectivity index (χ4v) is 2.97. The zero-order chi connectivity index (χ0) is 15.5. The van der Waals surface area contributed by atoms with E-state index in [4.69, 9.17) is 0 Å². The summed E-state index contributed by atoms with van der Waals surface area (Å²) in [6, 6.07) is 10.3. The molecule has 1 atom stereocenters. The number of rotatable bonds is 5. The third kappa shape index (κ3) is 3.80. The zero-order valence-electron chi connectivity index (χ0n) is 12.3. The zero-order valence-corrected chi connectivity index (χ0v) is 13.1. The molecule has 0 bridgehead atoms. The molecule has 2 rings (SSSR count). The lowest BCUT2D eigenvalue weighted by Crippen LogP contribution is -2.15. The van der Waals surface area contributed by atoms with E-state index >= 15 is 0 Å². The Labute approximate surface area is 125 Å². The van der Waals surface area contributed by atoms with Crippen LogP contribution in [0.25, 0.3) is 0 Å². The van der Waals surface area contributed by atoms with Crippen LogP contribution in [0.2, 0.25) is 0 Å². The van der Waals surface area contributed by atoms with Gasteiger partial charge in [0.2, 0.25) is 0 Å². The molecule has 6 heteroatoms. The van der Waals surface area contributed by atoms with E-state index in [9.17, 15) is 8.42 Å². The molecule has 0 saturated heterocycles. The SMILES string of the molecule is CNC(C)c1ccc(S(=O)(=O)Nc2ccnc(C)c2)cc1. The van der Waals surface area contributed by atoms with Crippen molar-refractivity contribution in [3.05, 3.63) is 53.9 Å². The molecule has 0 fully saturated rings. The molecule has 1 aromatic carbocycles. The fraction of sp³-hybridized carbons (Fsp3) is 0.267. The van der Waals surface area contributed by atoms with E-state index in [0.717, 1.165) is 11.3 Å². The standard InChI is InChI=1S/C15H19N3O2S/c1-11-10-14(8-9-17-11)18-21(19,20)15-6-4-13(5-7-15)12(2)16-3/h4-10,12,16H,1-3H3,(H,17,18). The van der Waals surface area contributed by atoms with Crippen LogP contribution in [0.4, 0.5) is 5.69 Å². The minimum Gasteiger partial charge on any atom is -0.313 e. The predicted molar refractivity (Wildman–Crippen MR) is 83.7 cm³/mol. The second kappa shape index (κ2) is 6.24. The Morgan fingerprint density at radius 2 is 1.81 bits per heavy atom. The molecule has 1 heterocycles. The van der Waals surface area contributed by atoms with Gasteiger partial charge >= 0.3 is 0 Å². The van der Waals surface area contributed by atoms with Crippen LogP contribution in [-0.4, -0.2) is 20.4 Å². The molecule has 5 nitrogen and oxygen atoms in total. The van der Waals surface area contributed by atoms with Crippen molar-refractivity contribution in [3.8, 4) is 0 Å². The Bertz CT molecular complexity index is 712. The van der Waals surface area contributed by atoms with Crippen LogP contribution in [-0.2, 0) is 10.0 Å². The van der Waals surface area contributed by atoms with Gasteiger partial charge in [-0.2, -0.15) is 0 Å². The minimum atomic E-state index is -3.58. The molecule has 0 aliphatic heterocycles. The highest BCUT2D eigenvalue weighted by Gasteiger charge is 2.14. The van der Waals surface area contributed by atoms with Crippen LogP contribution in [0.15, 0.2) is 47.5 Å². The molecule has 1 unspecified atom stereocenters. The largest absolute Gasteiger partial charge is 0.313 e. The predicted octanol–water partition coefficient (Wildman–Crippen LogP) is 2.47. The molecule has 2 N–H and O–H groups in total. The second-order valence-electron chi connectivity index (χ2n) is 4.87. The summed E-state index contributed by atoms with van der Waals surface area (Å²) in [7, 11) is -1.71. The van der Waals surface area contributed by atoms with Crippen LogP contribution in [0, 0.1) is 6.92 Å². The number of anilines is 1. The minimum absolute atomic E-state index is 0.178. The average Bonchev–Trinajstić information content (AvgIpc) is 2.46. The smallest absolute Gasteiger partial charge is 0.261 e. The first-order valence-electron chi connectivity index (χ1n) is 6.65. The molecule has 0 radical (unpaired) electrons. The summed E-state index contributed by atoms with van der Waals surface area (Å²) in [6.45, 7) is 3.83. The summed E-state index contributed by atoms with van der Waals surface area (Å²) in [4.78, 5) is 4.28. The van der Waals surface area contributed by atoms with Crippen LogP contribution in [0.3, 0.4) is 0 Å². The number of sulfonamides is 1. The van der Waals surface area contributed by atoms with Gasteiger partial charge in [0.15, 0.2) is 0 Å². The van der Waals surface area contributed by atoms with Gasteiger partial charge in [-0.25, -0.2) is 8.42 Å². The maximum Gasteiger partial charge on any atom is 0.261 e. The van der Waals surface area contributed by atoms with Gasteiger partial charge in [0, 0.05) is 17.9 Å². The monoisotopic (exact) mass is 305 g/mol. The molecule has 1 aromatic heterocycles. The molecule has 0 aliphatic rings. The molecule has 0 spiro atoms. The number of aromatic nitrogens is 1. The van der Waals surface area contributed by atoms with E-state index in [2.05, 4.69) is 15.0 Å². The van der Waals surface area contributed by atoms with Gasteiger partial charge in [-0.1, -0.05) is 12.1 Å². The molecular weight excluding hydrogens is 286 g/mol. The van der Waals surface area contributed by atoms with Crippen molar-refractivity contribution in [2.24, 2.45) is 0 Å². The molecule has 21 heavy (non-hydrogen) atoms. The lowest BCUT2D eigenvalue weighted by atomic mass is 10.1. The molecule has 0 aliphatic carbocycles. The van der Waals surface area contributed by atoms with Crippen molar-refractivity contribution in [2.45, 2.75) is 24.8 Å². The molecule has 0 saturated carbocycles. The lowest BCUT2D eigenvalue weighted by Gasteiger charge is -2.12. The van der Waals surface area contributed by atoms with Crippen molar-refractivity contribution < 1.29 is 8.42 Å². The van der Waals surface area contributed by atoms with E-state index in [1.165, 1.54) is 0 Å². The summed E-state index contributed by atoms with van der Waals surface area (Å²) < 4.78 is 27.2. The third-order valence-corrected chi connectivity index (χ3v) is 4.67. The molecule has 2 aromatic rings. The van der Waals surface area contributed by atoms with E-state index in [-0.39, 0.29) is 10.9 Å². The van der Waals surface area contributed by atoms with E-state index in [1.807, 2.05) is 33.0 Å². The number of aryl methyl sites for hydroxylation is 1. The molecular formula is C15H19N3O2S. The highest BCUT2D eigenvalue weighted by molar-refractivity contribution is 7.92. The van der Waals surface area contributed by atoms with Gasteiger partial charge in [0.1, 0.15) is 0 Å². The van der Waals surface area contributed by atoms with Gasteiger partial charge in [-0.05, 0) is 50.7 Å².